The molecule has 0 fully saturated rings. The fraction of sp³-hybridized carbons (Fsp3) is 0.250. The van der Waals surface area contributed by atoms with Gasteiger partial charge in [0.15, 0.2) is 11.6 Å². The van der Waals surface area contributed by atoms with Gasteiger partial charge in [-0.25, -0.2) is 9.37 Å². The van der Waals surface area contributed by atoms with Crippen molar-refractivity contribution in [2.45, 2.75) is 6.92 Å². The average Bonchev–Trinajstić information content (AvgIpc) is 2.54. The van der Waals surface area contributed by atoms with Crippen molar-refractivity contribution >= 4 is 23.5 Å². The molecular weight excluding hydrogens is 283 g/mol. The van der Waals surface area contributed by atoms with Gasteiger partial charge >= 0.3 is 0 Å². The first-order chi connectivity index (χ1) is 10.7. The monoisotopic (exact) mass is 300 g/mol. The van der Waals surface area contributed by atoms with Crippen LogP contribution in [0.4, 0.5) is 21.8 Å². The maximum atomic E-state index is 13.7. The van der Waals surface area contributed by atoms with Crippen molar-refractivity contribution in [3.8, 4) is 5.75 Å². The molecule has 0 aliphatic carbocycles. The van der Waals surface area contributed by atoms with Crippen molar-refractivity contribution < 1.29 is 9.13 Å². The van der Waals surface area contributed by atoms with Crippen LogP contribution in [0, 0.1) is 5.82 Å². The molecule has 1 aliphatic rings. The summed E-state index contributed by atoms with van der Waals surface area (Å²) in [5, 5.41) is 3.02. The molecule has 0 saturated heterocycles. The number of hydrogen-bond acceptors (Lipinski definition) is 5. The fourth-order valence-corrected chi connectivity index (χ4v) is 2.42. The van der Waals surface area contributed by atoms with Gasteiger partial charge in [-0.15, -0.1) is 0 Å². The number of halogens is 1. The molecule has 0 amide bonds. The van der Waals surface area contributed by atoms with E-state index in [4.69, 9.17) is 4.74 Å². The quantitative estimate of drug-likeness (QED) is 0.939. The fourth-order valence-electron chi connectivity index (χ4n) is 2.42. The molecular formula is C16H17FN4O. The minimum absolute atomic E-state index is 0.149. The zero-order chi connectivity index (χ0) is 15.5. The first kappa shape index (κ1) is 14.3. The van der Waals surface area contributed by atoms with E-state index in [0.717, 1.165) is 24.5 Å². The third kappa shape index (κ3) is 2.59. The van der Waals surface area contributed by atoms with Gasteiger partial charge in [0.2, 0.25) is 5.95 Å². The molecule has 114 valence electrons. The lowest BCUT2D eigenvalue weighted by Gasteiger charge is -2.25. The summed E-state index contributed by atoms with van der Waals surface area (Å²) in [5.74, 6) is 1.01. The maximum absolute atomic E-state index is 13.7. The van der Waals surface area contributed by atoms with Gasteiger partial charge in [-0.2, -0.15) is 4.98 Å². The van der Waals surface area contributed by atoms with Crippen LogP contribution in [0.5, 0.6) is 5.75 Å². The van der Waals surface area contributed by atoms with Gasteiger partial charge in [0.25, 0.3) is 0 Å². The van der Waals surface area contributed by atoms with E-state index >= 15 is 0 Å². The molecule has 2 aromatic rings. The number of fused-ring (bicyclic) bond motifs is 1. The Balaban J connectivity index is 1.94. The number of rotatable bonds is 4. The second-order valence-corrected chi connectivity index (χ2v) is 4.86. The van der Waals surface area contributed by atoms with E-state index in [-0.39, 0.29) is 5.75 Å². The lowest BCUT2D eigenvalue weighted by atomic mass is 10.2. The molecule has 1 aliphatic heterocycles. The van der Waals surface area contributed by atoms with Crippen molar-refractivity contribution in [2.75, 3.05) is 30.4 Å². The number of ether oxygens (including phenoxy) is 1. The molecule has 0 saturated carbocycles. The summed E-state index contributed by atoms with van der Waals surface area (Å²) < 4.78 is 18.8. The first-order valence-corrected chi connectivity index (χ1v) is 7.11. The van der Waals surface area contributed by atoms with Gasteiger partial charge in [-0.1, -0.05) is 18.2 Å². The Hall–Kier alpha value is -2.63. The number of hydrogen-bond donors (Lipinski definition) is 1. The molecule has 2 heterocycles. The number of para-hydroxylation sites is 1. The SMILES string of the molecule is CCN1CC=Cc2cnc(Nc3cccc(F)c3OC)nc21. The molecule has 0 atom stereocenters. The van der Waals surface area contributed by atoms with E-state index < -0.39 is 5.82 Å². The van der Waals surface area contributed by atoms with Crippen LogP contribution < -0.4 is 15.0 Å². The molecule has 5 nitrogen and oxygen atoms in total. The highest BCUT2D eigenvalue weighted by atomic mass is 19.1. The van der Waals surface area contributed by atoms with Gasteiger partial charge in [-0.3, -0.25) is 0 Å². The van der Waals surface area contributed by atoms with Crippen molar-refractivity contribution in [3.05, 3.63) is 41.9 Å². The second-order valence-electron chi connectivity index (χ2n) is 4.86. The minimum atomic E-state index is -0.427. The van der Waals surface area contributed by atoms with Gasteiger partial charge < -0.3 is 15.0 Å². The molecule has 0 unspecified atom stereocenters. The van der Waals surface area contributed by atoms with Gasteiger partial charge in [0.05, 0.1) is 12.8 Å². The van der Waals surface area contributed by atoms with Crippen LogP contribution in [0.15, 0.2) is 30.5 Å². The Morgan fingerprint density at radius 1 is 1.41 bits per heavy atom. The molecule has 22 heavy (non-hydrogen) atoms. The minimum Gasteiger partial charge on any atom is -0.492 e. The van der Waals surface area contributed by atoms with Gasteiger partial charge in [0, 0.05) is 24.8 Å². The van der Waals surface area contributed by atoms with Crippen LogP contribution in [0.1, 0.15) is 12.5 Å². The van der Waals surface area contributed by atoms with Crippen molar-refractivity contribution in [3.63, 3.8) is 0 Å². The van der Waals surface area contributed by atoms with Crippen molar-refractivity contribution in [2.24, 2.45) is 0 Å². The third-order valence-electron chi connectivity index (χ3n) is 3.52. The number of likely N-dealkylation sites (N-methyl/N-ethyl adjacent to an activating group) is 1. The highest BCUT2D eigenvalue weighted by Crippen LogP contribution is 2.30. The molecule has 1 aromatic carbocycles. The normalized spacial score (nSPS) is 13.0. The number of nitrogens with zero attached hydrogens (tertiary/aromatic N) is 3. The van der Waals surface area contributed by atoms with E-state index in [9.17, 15) is 4.39 Å². The molecule has 0 radical (unpaired) electrons. The Morgan fingerprint density at radius 2 is 2.27 bits per heavy atom. The summed E-state index contributed by atoms with van der Waals surface area (Å²) in [7, 11) is 1.43. The van der Waals surface area contributed by atoms with E-state index in [1.165, 1.54) is 13.2 Å². The van der Waals surface area contributed by atoms with E-state index in [0.29, 0.717) is 11.6 Å². The van der Waals surface area contributed by atoms with Crippen LogP contribution >= 0.6 is 0 Å². The number of aromatic nitrogens is 2. The van der Waals surface area contributed by atoms with Crippen LogP contribution in [0.2, 0.25) is 0 Å². The molecule has 1 N–H and O–H groups in total. The van der Waals surface area contributed by atoms with Crippen LogP contribution in [-0.2, 0) is 0 Å². The first-order valence-electron chi connectivity index (χ1n) is 7.11. The summed E-state index contributed by atoms with van der Waals surface area (Å²) in [4.78, 5) is 11.0. The van der Waals surface area contributed by atoms with E-state index in [2.05, 4.69) is 33.2 Å². The van der Waals surface area contributed by atoms with Gasteiger partial charge in [-0.05, 0) is 19.1 Å². The van der Waals surface area contributed by atoms with Gasteiger partial charge in [0.1, 0.15) is 5.82 Å². The lowest BCUT2D eigenvalue weighted by molar-refractivity contribution is 0.388. The summed E-state index contributed by atoms with van der Waals surface area (Å²) in [6.45, 7) is 3.76. The average molecular weight is 300 g/mol. The Labute approximate surface area is 128 Å². The molecule has 0 bridgehead atoms. The lowest BCUT2D eigenvalue weighted by Crippen LogP contribution is -2.27. The van der Waals surface area contributed by atoms with Crippen LogP contribution in [-0.4, -0.2) is 30.2 Å². The predicted octanol–water partition coefficient (Wildman–Crippen LogP) is 3.22. The number of nitrogens with one attached hydrogen (secondary N) is 1. The topological polar surface area (TPSA) is 50.3 Å². The highest BCUT2D eigenvalue weighted by molar-refractivity contribution is 5.70. The summed E-state index contributed by atoms with van der Waals surface area (Å²) in [6.07, 6.45) is 5.85. The maximum Gasteiger partial charge on any atom is 0.229 e. The second kappa shape index (κ2) is 6.01. The Bertz CT molecular complexity index is 717. The highest BCUT2D eigenvalue weighted by Gasteiger charge is 2.16. The van der Waals surface area contributed by atoms with E-state index in [1.807, 2.05) is 6.08 Å². The summed E-state index contributed by atoms with van der Waals surface area (Å²) in [5.41, 5.74) is 1.47. The zero-order valence-electron chi connectivity index (χ0n) is 12.5. The molecule has 3 rings (SSSR count). The Kier molecular flexibility index (Phi) is 3.91. The standard InChI is InChI=1S/C16H17FN4O/c1-3-21-9-5-6-11-10-18-16(20-15(11)21)19-13-8-4-7-12(17)14(13)22-2/h4-8,10H,3,9H2,1-2H3,(H,18,19,20). The number of methoxy groups -OCH3 is 1. The van der Waals surface area contributed by atoms with E-state index in [1.54, 1.807) is 18.3 Å². The van der Waals surface area contributed by atoms with Crippen molar-refractivity contribution in [1.29, 1.82) is 0 Å². The smallest absolute Gasteiger partial charge is 0.229 e. The summed E-state index contributed by atoms with van der Waals surface area (Å²) in [6, 6.07) is 4.68. The zero-order valence-corrected chi connectivity index (χ0v) is 12.5. The van der Waals surface area contributed by atoms with Crippen LogP contribution in [0.3, 0.4) is 0 Å². The van der Waals surface area contributed by atoms with Crippen molar-refractivity contribution in [1.82, 2.24) is 9.97 Å². The number of anilines is 3. The molecule has 6 heteroatoms. The third-order valence-corrected chi connectivity index (χ3v) is 3.52. The number of benzene rings is 1. The predicted molar refractivity (Wildman–Crippen MR) is 85.2 cm³/mol. The molecule has 1 aromatic heterocycles. The largest absolute Gasteiger partial charge is 0.492 e. The van der Waals surface area contributed by atoms with Crippen LogP contribution in [0.25, 0.3) is 6.08 Å². The summed E-state index contributed by atoms with van der Waals surface area (Å²) >= 11 is 0. The Morgan fingerprint density at radius 3 is 3.05 bits per heavy atom. The molecule has 0 spiro atoms.